The minimum Gasteiger partial charge on any atom is -0.484 e. The number of nitrogens with one attached hydrogen (secondary N) is 1. The van der Waals surface area contributed by atoms with E-state index in [1.165, 1.54) is 12.1 Å². The third kappa shape index (κ3) is 5.80. The highest BCUT2D eigenvalue weighted by Gasteiger charge is 2.23. The molecule has 34 heavy (non-hydrogen) atoms. The van der Waals surface area contributed by atoms with Gasteiger partial charge in [-0.2, -0.15) is 5.10 Å². The molecule has 3 aromatic carbocycles. The highest BCUT2D eigenvalue weighted by atomic mass is 19.1. The minimum atomic E-state index is -0.377. The number of carbonyl (C=O) groups excluding carboxylic acids is 1. The number of carbonyl (C=O) groups is 1. The minimum absolute atomic E-state index is 0. The number of aromatic nitrogens is 2. The SMILES string of the molecule is C.C[C@H](NC(=O)CCCN)[C@H](Oc1ccc2c(cnn2-c2ccc(F)cc2)c1)c1ccccc1. The Hall–Kier alpha value is -3.71. The van der Waals surface area contributed by atoms with E-state index >= 15 is 0 Å². The molecule has 1 heterocycles. The van der Waals surface area contributed by atoms with Crippen molar-refractivity contribution in [3.05, 3.63) is 90.4 Å². The van der Waals surface area contributed by atoms with Crippen molar-refractivity contribution in [3.8, 4) is 11.4 Å². The van der Waals surface area contributed by atoms with Crippen LogP contribution in [-0.2, 0) is 4.79 Å². The highest BCUT2D eigenvalue weighted by molar-refractivity contribution is 5.81. The maximum absolute atomic E-state index is 13.3. The van der Waals surface area contributed by atoms with Crippen molar-refractivity contribution >= 4 is 16.8 Å². The van der Waals surface area contributed by atoms with Crippen LogP contribution < -0.4 is 15.8 Å². The van der Waals surface area contributed by atoms with E-state index < -0.39 is 0 Å². The molecule has 0 unspecified atom stereocenters. The van der Waals surface area contributed by atoms with Crippen molar-refractivity contribution in [2.45, 2.75) is 39.3 Å². The average Bonchev–Trinajstić information content (AvgIpc) is 3.25. The number of ether oxygens (including phenoxy) is 1. The molecule has 6 nitrogen and oxygen atoms in total. The average molecular weight is 463 g/mol. The van der Waals surface area contributed by atoms with Gasteiger partial charge in [-0.3, -0.25) is 4.79 Å². The van der Waals surface area contributed by atoms with Crippen LogP contribution in [0.5, 0.6) is 5.75 Å². The molecule has 3 N–H and O–H groups in total. The fourth-order valence-corrected chi connectivity index (χ4v) is 3.78. The summed E-state index contributed by atoms with van der Waals surface area (Å²) >= 11 is 0. The quantitative estimate of drug-likeness (QED) is 0.360. The van der Waals surface area contributed by atoms with Gasteiger partial charge in [-0.15, -0.1) is 0 Å². The zero-order valence-corrected chi connectivity index (χ0v) is 18.4. The van der Waals surface area contributed by atoms with Crippen LogP contribution in [0.15, 0.2) is 79.0 Å². The molecule has 1 aromatic heterocycles. The number of nitrogens with zero attached hydrogens (tertiary/aromatic N) is 2. The summed E-state index contributed by atoms with van der Waals surface area (Å²) in [6, 6.07) is 21.5. The lowest BCUT2D eigenvalue weighted by Gasteiger charge is -2.26. The molecule has 0 bridgehead atoms. The fraction of sp³-hybridized carbons (Fsp3) is 0.259. The Morgan fingerprint density at radius 2 is 1.85 bits per heavy atom. The Balaban J connectivity index is 0.00000324. The zero-order valence-electron chi connectivity index (χ0n) is 18.4. The number of rotatable bonds is 9. The van der Waals surface area contributed by atoms with Crippen LogP contribution in [0.2, 0.25) is 0 Å². The third-order valence-corrected chi connectivity index (χ3v) is 5.45. The maximum atomic E-state index is 13.3. The first-order valence-electron chi connectivity index (χ1n) is 11.0. The summed E-state index contributed by atoms with van der Waals surface area (Å²) in [5.74, 6) is 0.327. The molecule has 0 saturated carbocycles. The molecule has 0 radical (unpaired) electrons. The molecule has 178 valence electrons. The van der Waals surface area contributed by atoms with Gasteiger partial charge in [-0.1, -0.05) is 37.8 Å². The Bertz CT molecular complexity index is 1210. The number of amides is 1. The van der Waals surface area contributed by atoms with Crippen molar-refractivity contribution in [2.75, 3.05) is 6.54 Å². The van der Waals surface area contributed by atoms with Crippen LogP contribution in [0, 0.1) is 5.82 Å². The second kappa shape index (κ2) is 11.4. The van der Waals surface area contributed by atoms with Gasteiger partial charge >= 0.3 is 0 Å². The molecule has 2 atom stereocenters. The van der Waals surface area contributed by atoms with Gasteiger partial charge in [-0.25, -0.2) is 9.07 Å². The molecule has 4 aromatic rings. The Morgan fingerprint density at radius 1 is 1.12 bits per heavy atom. The molecular weight excluding hydrogens is 431 g/mol. The summed E-state index contributed by atoms with van der Waals surface area (Å²) in [6.45, 7) is 2.41. The first-order chi connectivity index (χ1) is 16.0. The number of hydrogen-bond donors (Lipinski definition) is 2. The summed E-state index contributed by atoms with van der Waals surface area (Å²) < 4.78 is 21.4. The first kappa shape index (κ1) is 24.9. The van der Waals surface area contributed by atoms with Crippen LogP contribution in [0.4, 0.5) is 4.39 Å². The van der Waals surface area contributed by atoms with E-state index in [0.717, 1.165) is 22.2 Å². The summed E-state index contributed by atoms with van der Waals surface area (Å²) in [6.07, 6.45) is 2.40. The molecule has 0 aliphatic carbocycles. The summed E-state index contributed by atoms with van der Waals surface area (Å²) in [4.78, 5) is 12.3. The molecule has 0 spiro atoms. The van der Waals surface area contributed by atoms with Gasteiger partial charge in [-0.05, 0) is 67.9 Å². The van der Waals surface area contributed by atoms with Gasteiger partial charge < -0.3 is 15.8 Å². The molecule has 1 amide bonds. The molecular formula is C27H31FN4O2. The molecule has 0 fully saturated rings. The van der Waals surface area contributed by atoms with E-state index in [2.05, 4.69) is 10.4 Å². The van der Waals surface area contributed by atoms with Crippen LogP contribution in [0.1, 0.15) is 38.9 Å². The molecule has 7 heteroatoms. The van der Waals surface area contributed by atoms with Gasteiger partial charge in [0.25, 0.3) is 0 Å². The van der Waals surface area contributed by atoms with Crippen LogP contribution in [0.25, 0.3) is 16.6 Å². The smallest absolute Gasteiger partial charge is 0.220 e. The van der Waals surface area contributed by atoms with E-state index in [9.17, 15) is 9.18 Å². The van der Waals surface area contributed by atoms with Crippen molar-refractivity contribution in [1.82, 2.24) is 15.1 Å². The molecule has 0 aliphatic rings. The predicted octanol–water partition coefficient (Wildman–Crippen LogP) is 5.16. The van der Waals surface area contributed by atoms with Crippen molar-refractivity contribution < 1.29 is 13.9 Å². The topological polar surface area (TPSA) is 82.2 Å². The number of fused-ring (bicyclic) bond motifs is 1. The second-order valence-corrected chi connectivity index (χ2v) is 7.95. The first-order valence-corrected chi connectivity index (χ1v) is 11.0. The normalized spacial score (nSPS) is 12.6. The largest absolute Gasteiger partial charge is 0.484 e. The summed E-state index contributed by atoms with van der Waals surface area (Å²) in [5.41, 5.74) is 8.14. The van der Waals surface area contributed by atoms with Gasteiger partial charge in [0.1, 0.15) is 17.7 Å². The molecule has 4 rings (SSSR count). The number of halogens is 1. The lowest BCUT2D eigenvalue weighted by molar-refractivity contribution is -0.122. The summed E-state index contributed by atoms with van der Waals surface area (Å²) in [5, 5.41) is 8.37. The van der Waals surface area contributed by atoms with Gasteiger partial charge in [0.05, 0.1) is 23.4 Å². The molecule has 0 aliphatic heterocycles. The van der Waals surface area contributed by atoms with Crippen molar-refractivity contribution in [1.29, 1.82) is 0 Å². The predicted molar refractivity (Wildman–Crippen MR) is 133 cm³/mol. The summed E-state index contributed by atoms with van der Waals surface area (Å²) in [7, 11) is 0. The monoisotopic (exact) mass is 462 g/mol. The van der Waals surface area contributed by atoms with Crippen LogP contribution >= 0.6 is 0 Å². The number of benzene rings is 3. The van der Waals surface area contributed by atoms with Gasteiger partial charge in [0.15, 0.2) is 0 Å². The number of nitrogens with two attached hydrogens (primary N) is 1. The Morgan fingerprint density at radius 3 is 2.56 bits per heavy atom. The van der Waals surface area contributed by atoms with Gasteiger partial charge in [0, 0.05) is 11.8 Å². The van der Waals surface area contributed by atoms with Crippen molar-refractivity contribution in [3.63, 3.8) is 0 Å². The standard InChI is InChI=1S/C26H27FN4O2.CH4/c1-18(30-25(32)8-5-15-28)26(19-6-3-2-4-7-19)33-23-13-14-24-20(16-23)17-29-31(24)22-11-9-21(27)10-12-22;/h2-4,6-7,9-14,16-18,26H,5,8,15,28H2,1H3,(H,30,32);1H4/t18-,26-;/m0./s1. The van der Waals surface area contributed by atoms with Crippen LogP contribution in [-0.4, -0.2) is 28.3 Å². The lowest BCUT2D eigenvalue weighted by Crippen LogP contribution is -2.39. The fourth-order valence-electron chi connectivity index (χ4n) is 3.78. The van der Waals surface area contributed by atoms with E-state index in [1.807, 2.05) is 55.5 Å². The molecule has 0 saturated heterocycles. The Kier molecular flexibility index (Phi) is 8.38. The van der Waals surface area contributed by atoms with E-state index in [0.29, 0.717) is 25.1 Å². The maximum Gasteiger partial charge on any atom is 0.220 e. The van der Waals surface area contributed by atoms with Gasteiger partial charge in [0.2, 0.25) is 5.91 Å². The van der Waals surface area contributed by atoms with E-state index in [4.69, 9.17) is 10.5 Å². The third-order valence-electron chi connectivity index (χ3n) is 5.45. The van der Waals surface area contributed by atoms with Crippen molar-refractivity contribution in [2.24, 2.45) is 5.73 Å². The highest BCUT2D eigenvalue weighted by Crippen LogP contribution is 2.29. The van der Waals surface area contributed by atoms with E-state index in [1.54, 1.807) is 23.0 Å². The number of hydrogen-bond acceptors (Lipinski definition) is 4. The lowest BCUT2D eigenvalue weighted by atomic mass is 10.0. The Labute approximate surface area is 199 Å². The van der Waals surface area contributed by atoms with E-state index in [-0.39, 0.29) is 31.3 Å². The second-order valence-electron chi connectivity index (χ2n) is 7.95. The van der Waals surface area contributed by atoms with Crippen LogP contribution in [0.3, 0.4) is 0 Å². The zero-order chi connectivity index (χ0) is 23.2.